The Morgan fingerprint density at radius 3 is 2.16 bits per heavy atom. The highest BCUT2D eigenvalue weighted by Crippen LogP contribution is 2.32. The van der Waals surface area contributed by atoms with Crippen LogP contribution in [0.15, 0.2) is 79.0 Å². The minimum Gasteiger partial charge on any atom is -0.478 e. The Labute approximate surface area is 223 Å². The first kappa shape index (κ1) is 25.5. The van der Waals surface area contributed by atoms with Gasteiger partial charge in [0, 0.05) is 37.3 Å². The van der Waals surface area contributed by atoms with Gasteiger partial charge < -0.3 is 10.0 Å². The van der Waals surface area contributed by atoms with Gasteiger partial charge >= 0.3 is 5.97 Å². The number of anilines is 2. The molecule has 0 atom stereocenters. The van der Waals surface area contributed by atoms with E-state index in [1.54, 1.807) is 35.4 Å². The molecular formula is C32H33N3O3. The van der Waals surface area contributed by atoms with E-state index in [1.807, 2.05) is 14.1 Å². The van der Waals surface area contributed by atoms with Crippen molar-refractivity contribution in [2.45, 2.75) is 38.6 Å². The Balaban J connectivity index is 1.47. The third kappa shape index (κ3) is 5.40. The lowest BCUT2D eigenvalue weighted by atomic mass is 9.88. The Bertz CT molecular complexity index is 1440. The summed E-state index contributed by atoms with van der Waals surface area (Å²) in [6.45, 7) is 0.405. The highest BCUT2D eigenvalue weighted by Gasteiger charge is 2.29. The van der Waals surface area contributed by atoms with Gasteiger partial charge in [-0.1, -0.05) is 55.7 Å². The Hall–Kier alpha value is -4.19. The van der Waals surface area contributed by atoms with Crippen LogP contribution in [0.4, 0.5) is 11.5 Å². The summed E-state index contributed by atoms with van der Waals surface area (Å²) in [5.74, 6) is -0.320. The second-order valence-corrected chi connectivity index (χ2v) is 10.3. The number of rotatable bonds is 7. The summed E-state index contributed by atoms with van der Waals surface area (Å²) >= 11 is 0. The lowest BCUT2D eigenvalue weighted by Gasteiger charge is -2.29. The molecule has 1 fully saturated rings. The monoisotopic (exact) mass is 507 g/mol. The van der Waals surface area contributed by atoms with Crippen LogP contribution in [0.2, 0.25) is 0 Å². The van der Waals surface area contributed by atoms with Gasteiger partial charge in [-0.25, -0.2) is 9.78 Å². The van der Waals surface area contributed by atoms with E-state index >= 15 is 0 Å². The fraction of sp³-hybridized carbons (Fsp3) is 0.281. The number of hydrogen-bond acceptors (Lipinski definition) is 4. The van der Waals surface area contributed by atoms with Crippen molar-refractivity contribution >= 4 is 34.2 Å². The molecule has 3 aromatic carbocycles. The molecule has 1 heterocycles. The van der Waals surface area contributed by atoms with Gasteiger partial charge in [0.1, 0.15) is 5.82 Å². The van der Waals surface area contributed by atoms with Crippen molar-refractivity contribution in [3.63, 3.8) is 0 Å². The summed E-state index contributed by atoms with van der Waals surface area (Å²) in [6, 6.07) is 23.6. The lowest BCUT2D eigenvalue weighted by molar-refractivity contribution is -0.123. The summed E-state index contributed by atoms with van der Waals surface area (Å²) in [5, 5.41) is 11.0. The van der Waals surface area contributed by atoms with Crippen LogP contribution < -0.4 is 9.80 Å². The summed E-state index contributed by atoms with van der Waals surface area (Å²) in [4.78, 5) is 33.9. The quantitative estimate of drug-likeness (QED) is 0.298. The molecule has 1 saturated carbocycles. The minimum atomic E-state index is -0.975. The number of fused-ring (bicyclic) bond motifs is 1. The van der Waals surface area contributed by atoms with Crippen LogP contribution in [0.5, 0.6) is 0 Å². The number of carboxylic acid groups (broad SMARTS) is 1. The summed E-state index contributed by atoms with van der Waals surface area (Å²) in [7, 11) is 4.06. The largest absolute Gasteiger partial charge is 0.478 e. The molecule has 194 valence electrons. The van der Waals surface area contributed by atoms with Gasteiger partial charge in [-0.15, -0.1) is 0 Å². The Morgan fingerprint density at radius 1 is 0.868 bits per heavy atom. The third-order valence-corrected chi connectivity index (χ3v) is 7.48. The number of aromatic nitrogens is 1. The maximum Gasteiger partial charge on any atom is 0.335 e. The molecular weight excluding hydrogens is 474 g/mol. The molecule has 6 heteroatoms. The van der Waals surface area contributed by atoms with Crippen molar-refractivity contribution < 1.29 is 14.7 Å². The van der Waals surface area contributed by atoms with Gasteiger partial charge in [-0.05, 0) is 71.3 Å². The van der Waals surface area contributed by atoms with Crippen LogP contribution in [0.1, 0.15) is 48.0 Å². The molecule has 38 heavy (non-hydrogen) atoms. The molecule has 4 aromatic rings. The van der Waals surface area contributed by atoms with Crippen LogP contribution in [0.3, 0.4) is 0 Å². The van der Waals surface area contributed by atoms with Crippen LogP contribution in [-0.4, -0.2) is 36.1 Å². The molecule has 0 bridgehead atoms. The topological polar surface area (TPSA) is 73.7 Å². The molecule has 1 amide bonds. The molecule has 0 radical (unpaired) electrons. The third-order valence-electron chi connectivity index (χ3n) is 7.48. The highest BCUT2D eigenvalue weighted by molar-refractivity contribution is 6.04. The number of benzene rings is 3. The maximum absolute atomic E-state index is 13.9. The number of pyridine rings is 1. The van der Waals surface area contributed by atoms with E-state index in [-0.39, 0.29) is 17.4 Å². The molecule has 1 aromatic heterocycles. The van der Waals surface area contributed by atoms with Crippen LogP contribution in [0, 0.1) is 5.92 Å². The summed E-state index contributed by atoms with van der Waals surface area (Å²) in [6.07, 6.45) is 6.75. The van der Waals surface area contributed by atoms with Crippen molar-refractivity contribution in [1.29, 1.82) is 0 Å². The standard InChI is InChI=1S/C32H33N3O3/c1-34(2)28-15-12-24(13-16-28)23-10-8-22(9-11-23)21-35(31(36)25-6-4-3-5-7-25)30-29-17-14-27(32(37)38)20-26(29)18-19-33-30/h8-20,25H,3-7,21H2,1-2H3,(H,37,38). The number of aromatic carboxylic acids is 1. The van der Waals surface area contributed by atoms with E-state index in [0.717, 1.165) is 58.8 Å². The average molecular weight is 508 g/mol. The van der Waals surface area contributed by atoms with E-state index in [4.69, 9.17) is 0 Å². The zero-order chi connectivity index (χ0) is 26.6. The molecule has 1 aliphatic rings. The van der Waals surface area contributed by atoms with Gasteiger partial charge in [-0.3, -0.25) is 9.69 Å². The van der Waals surface area contributed by atoms with Gasteiger partial charge in [-0.2, -0.15) is 0 Å². The number of carbonyl (C=O) groups excluding carboxylic acids is 1. The zero-order valence-electron chi connectivity index (χ0n) is 21.9. The second kappa shape index (κ2) is 11.1. The van der Waals surface area contributed by atoms with Crippen molar-refractivity contribution in [2.24, 2.45) is 5.92 Å². The number of amides is 1. The Morgan fingerprint density at radius 2 is 1.53 bits per heavy atom. The van der Waals surface area contributed by atoms with Crippen molar-refractivity contribution in [1.82, 2.24) is 4.98 Å². The Kier molecular flexibility index (Phi) is 7.40. The van der Waals surface area contributed by atoms with Crippen LogP contribution >= 0.6 is 0 Å². The van der Waals surface area contributed by atoms with E-state index in [0.29, 0.717) is 12.4 Å². The second-order valence-electron chi connectivity index (χ2n) is 10.3. The molecule has 1 aliphatic carbocycles. The first-order valence-corrected chi connectivity index (χ1v) is 13.2. The number of nitrogens with zero attached hydrogens (tertiary/aromatic N) is 3. The zero-order valence-corrected chi connectivity index (χ0v) is 21.9. The van der Waals surface area contributed by atoms with E-state index in [1.165, 1.54) is 6.42 Å². The first-order chi connectivity index (χ1) is 18.4. The molecule has 0 aliphatic heterocycles. The SMILES string of the molecule is CN(C)c1ccc(-c2ccc(CN(C(=O)C3CCCCC3)c3nccc4cc(C(=O)O)ccc34)cc2)cc1. The highest BCUT2D eigenvalue weighted by atomic mass is 16.4. The van der Waals surface area contributed by atoms with Gasteiger partial charge in [0.2, 0.25) is 5.91 Å². The fourth-order valence-electron chi connectivity index (χ4n) is 5.27. The van der Waals surface area contributed by atoms with Gasteiger partial charge in [0.05, 0.1) is 12.1 Å². The van der Waals surface area contributed by atoms with Crippen molar-refractivity contribution in [3.05, 3.63) is 90.1 Å². The number of hydrogen-bond donors (Lipinski definition) is 1. The molecule has 0 saturated heterocycles. The minimum absolute atomic E-state index is 0.0198. The van der Waals surface area contributed by atoms with Crippen molar-refractivity contribution in [3.8, 4) is 11.1 Å². The smallest absolute Gasteiger partial charge is 0.335 e. The summed E-state index contributed by atoms with van der Waals surface area (Å²) < 4.78 is 0. The lowest BCUT2D eigenvalue weighted by Crippen LogP contribution is -2.37. The molecule has 6 nitrogen and oxygen atoms in total. The van der Waals surface area contributed by atoms with Crippen LogP contribution in [-0.2, 0) is 11.3 Å². The predicted octanol–water partition coefficient (Wildman–Crippen LogP) is 6.78. The van der Waals surface area contributed by atoms with Crippen molar-refractivity contribution in [2.75, 3.05) is 23.9 Å². The van der Waals surface area contributed by atoms with E-state index in [9.17, 15) is 14.7 Å². The molecule has 1 N–H and O–H groups in total. The average Bonchev–Trinajstić information content (AvgIpc) is 2.96. The van der Waals surface area contributed by atoms with E-state index in [2.05, 4.69) is 58.4 Å². The predicted molar refractivity (Wildman–Crippen MR) is 153 cm³/mol. The number of carbonyl (C=O) groups is 2. The maximum atomic E-state index is 13.9. The number of carboxylic acids is 1. The fourth-order valence-corrected chi connectivity index (χ4v) is 5.27. The molecule has 0 unspecified atom stereocenters. The van der Waals surface area contributed by atoms with E-state index < -0.39 is 5.97 Å². The molecule has 5 rings (SSSR count). The van der Waals surface area contributed by atoms with Gasteiger partial charge in [0.25, 0.3) is 0 Å². The normalized spacial score (nSPS) is 13.8. The van der Waals surface area contributed by atoms with Crippen LogP contribution in [0.25, 0.3) is 21.9 Å². The first-order valence-electron chi connectivity index (χ1n) is 13.2. The molecule has 0 spiro atoms. The van der Waals surface area contributed by atoms with Gasteiger partial charge in [0.15, 0.2) is 0 Å². The summed E-state index contributed by atoms with van der Waals surface area (Å²) in [5.41, 5.74) is 4.65.